The van der Waals surface area contributed by atoms with E-state index in [1.54, 1.807) is 18.2 Å². The number of halogens is 2. The highest BCUT2D eigenvalue weighted by atomic mass is 35.5. The van der Waals surface area contributed by atoms with Gasteiger partial charge in [0.2, 0.25) is 0 Å². The highest BCUT2D eigenvalue weighted by Crippen LogP contribution is 2.28. The average Bonchev–Trinajstić information content (AvgIpc) is 2.73. The Morgan fingerprint density at radius 3 is 2.66 bits per heavy atom. The largest absolute Gasteiger partial charge is 0.493 e. The van der Waals surface area contributed by atoms with E-state index in [0.29, 0.717) is 40.3 Å². The van der Waals surface area contributed by atoms with E-state index in [0.717, 1.165) is 5.56 Å². The van der Waals surface area contributed by atoms with Crippen molar-refractivity contribution >= 4 is 29.1 Å². The van der Waals surface area contributed by atoms with Gasteiger partial charge in [-0.3, -0.25) is 4.79 Å². The first kappa shape index (κ1) is 22.7. The number of hydrogen-bond donors (Lipinski definition) is 2. The maximum atomic E-state index is 12.0. The van der Waals surface area contributed by atoms with E-state index in [2.05, 4.69) is 11.2 Å². The van der Waals surface area contributed by atoms with E-state index in [4.69, 9.17) is 43.8 Å². The molecule has 0 aliphatic carbocycles. The van der Waals surface area contributed by atoms with Gasteiger partial charge in [-0.25, -0.2) is 0 Å². The van der Waals surface area contributed by atoms with Crippen molar-refractivity contribution in [3.63, 3.8) is 0 Å². The predicted octanol–water partition coefficient (Wildman–Crippen LogP) is 3.11. The lowest BCUT2D eigenvalue weighted by atomic mass is 10.1. The van der Waals surface area contributed by atoms with Crippen molar-refractivity contribution in [2.45, 2.75) is 12.5 Å². The summed E-state index contributed by atoms with van der Waals surface area (Å²) in [6, 6.07) is 10.1. The lowest BCUT2D eigenvalue weighted by Crippen LogP contribution is -2.39. The van der Waals surface area contributed by atoms with E-state index >= 15 is 0 Å². The number of terminal acetylenes is 1. The van der Waals surface area contributed by atoms with Crippen molar-refractivity contribution in [2.75, 3.05) is 26.9 Å². The Hall–Kier alpha value is -2.59. The van der Waals surface area contributed by atoms with Crippen molar-refractivity contribution in [1.82, 2.24) is 5.32 Å². The van der Waals surface area contributed by atoms with Crippen molar-refractivity contribution < 1.29 is 24.1 Å². The third-order valence-electron chi connectivity index (χ3n) is 3.85. The Morgan fingerprint density at radius 1 is 1.17 bits per heavy atom. The van der Waals surface area contributed by atoms with Crippen LogP contribution in [0.5, 0.6) is 17.2 Å². The molecule has 154 valence electrons. The van der Waals surface area contributed by atoms with Crippen LogP contribution in [0.15, 0.2) is 36.4 Å². The minimum absolute atomic E-state index is 0.147. The molecule has 0 saturated carbocycles. The lowest BCUT2D eigenvalue weighted by molar-refractivity contribution is -0.130. The zero-order chi connectivity index (χ0) is 21.2. The Kier molecular flexibility index (Phi) is 8.94. The zero-order valence-electron chi connectivity index (χ0n) is 15.8. The molecule has 0 aliphatic rings. The number of nitrogens with one attached hydrogen (secondary N) is 1. The number of methoxy groups -OCH3 is 1. The Labute approximate surface area is 179 Å². The molecule has 1 amide bonds. The minimum atomic E-state index is -1.32. The second-order valence-corrected chi connectivity index (χ2v) is 6.74. The number of carbonyl (C=O) groups excluding carboxylic acids is 1. The van der Waals surface area contributed by atoms with Gasteiger partial charge in [-0.2, -0.15) is 0 Å². The second kappa shape index (κ2) is 11.4. The molecular formula is C21H21Cl2NO5. The van der Waals surface area contributed by atoms with Crippen molar-refractivity contribution in [2.24, 2.45) is 0 Å². The minimum Gasteiger partial charge on any atom is -0.493 e. The molecule has 0 saturated heterocycles. The molecule has 2 rings (SSSR count). The van der Waals surface area contributed by atoms with Crippen LogP contribution in [0.4, 0.5) is 0 Å². The third-order valence-corrected chi connectivity index (χ3v) is 4.59. The lowest BCUT2D eigenvalue weighted by Gasteiger charge is -2.14. The third kappa shape index (κ3) is 7.06. The van der Waals surface area contributed by atoms with Gasteiger partial charge in [0.05, 0.1) is 17.2 Å². The van der Waals surface area contributed by atoms with E-state index in [9.17, 15) is 9.90 Å². The first-order chi connectivity index (χ1) is 13.9. The molecule has 0 heterocycles. The zero-order valence-corrected chi connectivity index (χ0v) is 17.3. The summed E-state index contributed by atoms with van der Waals surface area (Å²) in [5, 5.41) is 13.3. The van der Waals surface area contributed by atoms with Crippen LogP contribution < -0.4 is 19.5 Å². The molecule has 6 nitrogen and oxygen atoms in total. The van der Waals surface area contributed by atoms with Crippen LogP contribution >= 0.6 is 23.2 Å². The van der Waals surface area contributed by atoms with E-state index in [-0.39, 0.29) is 13.2 Å². The van der Waals surface area contributed by atoms with Gasteiger partial charge in [0.1, 0.15) is 19.0 Å². The molecule has 2 aromatic rings. The fourth-order valence-corrected chi connectivity index (χ4v) is 2.66. The summed E-state index contributed by atoms with van der Waals surface area (Å²) in [6.45, 7) is 0.267. The number of aliphatic hydroxyl groups excluding tert-OH is 1. The summed E-state index contributed by atoms with van der Waals surface area (Å²) in [6.07, 6.45) is 4.41. The van der Waals surface area contributed by atoms with Crippen LogP contribution in [0.3, 0.4) is 0 Å². The van der Waals surface area contributed by atoms with Crippen LogP contribution in [-0.4, -0.2) is 44.0 Å². The number of rotatable bonds is 10. The fourth-order valence-electron chi connectivity index (χ4n) is 2.37. The standard InChI is InChI=1S/C21H21Cl2NO5/c1-3-10-28-19-7-4-14(11-20(19)27-2)8-9-24-21(26)18(25)13-29-15-5-6-16(22)17(23)12-15/h1,4-7,11-12,18,25H,8-10,13H2,2H3,(H,24,26)/t18-/m0/s1. The van der Waals surface area contributed by atoms with Gasteiger partial charge in [0.15, 0.2) is 17.6 Å². The van der Waals surface area contributed by atoms with Crippen LogP contribution in [0.25, 0.3) is 0 Å². The number of carbonyl (C=O) groups is 1. The quantitative estimate of drug-likeness (QED) is 0.558. The molecule has 0 aliphatic heterocycles. The summed E-state index contributed by atoms with van der Waals surface area (Å²) < 4.78 is 16.0. The van der Waals surface area contributed by atoms with Gasteiger partial charge in [0.25, 0.3) is 5.91 Å². The smallest absolute Gasteiger partial charge is 0.252 e. The van der Waals surface area contributed by atoms with Gasteiger partial charge in [-0.15, -0.1) is 6.42 Å². The molecule has 0 bridgehead atoms. The first-order valence-corrected chi connectivity index (χ1v) is 9.47. The number of benzene rings is 2. The van der Waals surface area contributed by atoms with Gasteiger partial charge in [0, 0.05) is 12.6 Å². The molecule has 0 unspecified atom stereocenters. The molecule has 2 N–H and O–H groups in total. The summed E-state index contributed by atoms with van der Waals surface area (Å²) >= 11 is 11.7. The molecule has 1 atom stereocenters. The predicted molar refractivity (Wildman–Crippen MR) is 112 cm³/mol. The number of ether oxygens (including phenoxy) is 3. The molecular weight excluding hydrogens is 417 g/mol. The van der Waals surface area contributed by atoms with Crippen LogP contribution in [-0.2, 0) is 11.2 Å². The topological polar surface area (TPSA) is 77.0 Å². The summed E-state index contributed by atoms with van der Waals surface area (Å²) in [5.41, 5.74) is 0.928. The molecule has 2 aromatic carbocycles. The number of hydrogen-bond acceptors (Lipinski definition) is 5. The second-order valence-electron chi connectivity index (χ2n) is 5.92. The summed E-state index contributed by atoms with van der Waals surface area (Å²) in [4.78, 5) is 12.0. The average molecular weight is 438 g/mol. The maximum absolute atomic E-state index is 12.0. The molecule has 0 spiro atoms. The SMILES string of the molecule is C#CCOc1ccc(CCNC(=O)[C@@H](O)COc2ccc(Cl)c(Cl)c2)cc1OC. The molecule has 0 radical (unpaired) electrons. The molecule has 29 heavy (non-hydrogen) atoms. The van der Waals surface area contributed by atoms with Crippen LogP contribution in [0, 0.1) is 12.3 Å². The van der Waals surface area contributed by atoms with Gasteiger partial charge >= 0.3 is 0 Å². The number of aliphatic hydroxyl groups is 1. The maximum Gasteiger partial charge on any atom is 0.252 e. The molecule has 0 fully saturated rings. The highest BCUT2D eigenvalue weighted by Gasteiger charge is 2.16. The Bertz CT molecular complexity index is 882. The Balaban J connectivity index is 1.79. The van der Waals surface area contributed by atoms with Gasteiger partial charge < -0.3 is 24.6 Å². The van der Waals surface area contributed by atoms with Crippen molar-refractivity contribution in [1.29, 1.82) is 0 Å². The van der Waals surface area contributed by atoms with Crippen molar-refractivity contribution in [3.8, 4) is 29.6 Å². The van der Waals surface area contributed by atoms with Crippen LogP contribution in [0.1, 0.15) is 5.56 Å². The molecule has 8 heteroatoms. The normalized spacial score (nSPS) is 11.3. The van der Waals surface area contributed by atoms with Gasteiger partial charge in [-0.1, -0.05) is 35.2 Å². The highest BCUT2D eigenvalue weighted by molar-refractivity contribution is 6.42. The number of amides is 1. The Morgan fingerprint density at radius 2 is 1.97 bits per heavy atom. The summed E-state index contributed by atoms with van der Waals surface area (Å²) in [5.74, 6) is 3.37. The van der Waals surface area contributed by atoms with Gasteiger partial charge in [-0.05, 0) is 36.2 Å². The monoisotopic (exact) mass is 437 g/mol. The van der Waals surface area contributed by atoms with E-state index in [1.807, 2.05) is 12.1 Å². The molecule has 0 aromatic heterocycles. The summed E-state index contributed by atoms with van der Waals surface area (Å²) in [7, 11) is 1.54. The van der Waals surface area contributed by atoms with Crippen molar-refractivity contribution in [3.05, 3.63) is 52.0 Å². The van der Waals surface area contributed by atoms with E-state index in [1.165, 1.54) is 13.2 Å². The van der Waals surface area contributed by atoms with E-state index < -0.39 is 12.0 Å². The fraction of sp³-hybridized carbons (Fsp3) is 0.286. The first-order valence-electron chi connectivity index (χ1n) is 8.71. The van der Waals surface area contributed by atoms with Crippen LogP contribution in [0.2, 0.25) is 10.0 Å².